The maximum atomic E-state index is 5.65. The van der Waals surface area contributed by atoms with Crippen molar-refractivity contribution in [3.05, 3.63) is 15.6 Å². The maximum Gasteiger partial charge on any atom is 0.123 e. The lowest BCUT2D eigenvalue weighted by Crippen LogP contribution is -2.20. The van der Waals surface area contributed by atoms with Crippen molar-refractivity contribution < 1.29 is 4.74 Å². The second-order valence-electron chi connectivity index (χ2n) is 6.03. The number of ether oxygens (including phenoxy) is 1. The Morgan fingerprint density at radius 2 is 1.94 bits per heavy atom. The number of hydrogen-bond donors (Lipinski definition) is 1. The number of methoxy groups -OCH3 is 1. The fraction of sp³-hybridized carbons (Fsp3) is 0.786. The summed E-state index contributed by atoms with van der Waals surface area (Å²) in [6.07, 6.45) is 0.0607. The highest BCUT2D eigenvalue weighted by Crippen LogP contribution is 2.39. The molecule has 0 amide bonds. The van der Waals surface area contributed by atoms with E-state index in [0.29, 0.717) is 5.92 Å². The van der Waals surface area contributed by atoms with Crippen LogP contribution < -0.4 is 5.32 Å². The van der Waals surface area contributed by atoms with Crippen LogP contribution in [0.15, 0.2) is 0 Å². The molecule has 4 heteroatoms. The van der Waals surface area contributed by atoms with Crippen LogP contribution >= 0.6 is 11.3 Å². The molecule has 0 fully saturated rings. The zero-order valence-electron chi connectivity index (χ0n) is 12.6. The van der Waals surface area contributed by atoms with Gasteiger partial charge in [-0.2, -0.15) is 0 Å². The average molecular weight is 270 g/mol. The summed E-state index contributed by atoms with van der Waals surface area (Å²) < 4.78 is 5.65. The summed E-state index contributed by atoms with van der Waals surface area (Å²) in [5.74, 6) is 0.454. The third-order valence-electron chi connectivity index (χ3n) is 2.87. The number of thiazole rings is 1. The molecule has 1 aromatic rings. The first-order chi connectivity index (χ1) is 8.31. The molecule has 0 aliphatic carbocycles. The first-order valence-electron chi connectivity index (χ1n) is 6.48. The van der Waals surface area contributed by atoms with E-state index in [4.69, 9.17) is 9.72 Å². The molecule has 18 heavy (non-hydrogen) atoms. The molecule has 1 atom stereocenters. The summed E-state index contributed by atoms with van der Waals surface area (Å²) in [5.41, 5.74) is 1.27. The second kappa shape index (κ2) is 6.13. The molecular formula is C14H26N2OS. The molecule has 0 aliphatic heterocycles. The van der Waals surface area contributed by atoms with E-state index in [2.05, 4.69) is 39.9 Å². The Kier molecular flexibility index (Phi) is 5.32. The topological polar surface area (TPSA) is 34.1 Å². The Bertz CT molecular complexity index is 380. The van der Waals surface area contributed by atoms with Crippen molar-refractivity contribution in [2.75, 3.05) is 14.2 Å². The van der Waals surface area contributed by atoms with Crippen LogP contribution in [0.3, 0.4) is 0 Å². The van der Waals surface area contributed by atoms with Gasteiger partial charge in [-0.25, -0.2) is 4.98 Å². The first-order valence-corrected chi connectivity index (χ1v) is 7.29. The quantitative estimate of drug-likeness (QED) is 0.885. The fourth-order valence-electron chi connectivity index (χ4n) is 2.06. The first kappa shape index (κ1) is 15.6. The van der Waals surface area contributed by atoms with Crippen molar-refractivity contribution in [1.82, 2.24) is 10.3 Å². The summed E-state index contributed by atoms with van der Waals surface area (Å²) in [4.78, 5) is 6.15. The maximum absolute atomic E-state index is 5.65. The summed E-state index contributed by atoms with van der Waals surface area (Å²) in [6, 6.07) is 0. The van der Waals surface area contributed by atoms with Crippen molar-refractivity contribution in [3.63, 3.8) is 0 Å². The Labute approximate surface area is 115 Å². The van der Waals surface area contributed by atoms with Gasteiger partial charge in [0.1, 0.15) is 11.1 Å². The molecular weight excluding hydrogens is 244 g/mol. The predicted molar refractivity (Wildman–Crippen MR) is 78.2 cm³/mol. The highest BCUT2D eigenvalue weighted by molar-refractivity contribution is 7.11. The number of nitrogens with one attached hydrogen (secondary N) is 1. The van der Waals surface area contributed by atoms with Gasteiger partial charge in [-0.05, 0) is 18.4 Å². The predicted octanol–water partition coefficient (Wildman–Crippen LogP) is 3.72. The van der Waals surface area contributed by atoms with E-state index in [1.165, 1.54) is 10.6 Å². The lowest BCUT2D eigenvalue weighted by Gasteiger charge is -2.27. The highest BCUT2D eigenvalue weighted by atomic mass is 32.1. The molecule has 104 valence electrons. The van der Waals surface area contributed by atoms with Gasteiger partial charge in [-0.3, -0.25) is 0 Å². The SMILES string of the molecule is CNCc1sc(C(OC)C(C)(C)C)nc1C(C)C. The summed E-state index contributed by atoms with van der Waals surface area (Å²) >= 11 is 1.77. The minimum atomic E-state index is 0.0607. The molecule has 1 unspecified atom stereocenters. The largest absolute Gasteiger partial charge is 0.374 e. The molecule has 0 saturated carbocycles. The molecule has 1 heterocycles. The smallest absolute Gasteiger partial charge is 0.123 e. The summed E-state index contributed by atoms with van der Waals surface area (Å²) in [7, 11) is 3.74. The zero-order valence-corrected chi connectivity index (χ0v) is 13.4. The third kappa shape index (κ3) is 3.53. The molecule has 0 saturated heterocycles. The van der Waals surface area contributed by atoms with Gasteiger partial charge >= 0.3 is 0 Å². The minimum Gasteiger partial charge on any atom is -0.374 e. The Morgan fingerprint density at radius 3 is 2.33 bits per heavy atom. The van der Waals surface area contributed by atoms with Crippen molar-refractivity contribution in [2.45, 2.75) is 53.2 Å². The fourth-order valence-corrected chi connectivity index (χ4v) is 3.61. The van der Waals surface area contributed by atoms with Gasteiger partial charge in [-0.1, -0.05) is 34.6 Å². The van der Waals surface area contributed by atoms with E-state index in [-0.39, 0.29) is 11.5 Å². The molecule has 0 aromatic carbocycles. The van der Waals surface area contributed by atoms with Gasteiger partial charge in [0.25, 0.3) is 0 Å². The van der Waals surface area contributed by atoms with E-state index in [9.17, 15) is 0 Å². The molecule has 3 nitrogen and oxygen atoms in total. The third-order valence-corrected chi connectivity index (χ3v) is 3.99. The summed E-state index contributed by atoms with van der Waals surface area (Å²) in [5, 5.41) is 4.31. The van der Waals surface area contributed by atoms with Crippen LogP contribution in [-0.2, 0) is 11.3 Å². The Hall–Kier alpha value is -0.450. The van der Waals surface area contributed by atoms with Crippen LogP contribution in [0.1, 0.15) is 62.2 Å². The van der Waals surface area contributed by atoms with E-state index in [1.807, 2.05) is 7.05 Å². The van der Waals surface area contributed by atoms with Gasteiger partial charge in [0, 0.05) is 18.5 Å². The van der Waals surface area contributed by atoms with Crippen LogP contribution in [0, 0.1) is 5.41 Å². The highest BCUT2D eigenvalue weighted by Gasteiger charge is 2.30. The molecule has 1 aromatic heterocycles. The van der Waals surface area contributed by atoms with Crippen molar-refractivity contribution >= 4 is 11.3 Å². The lowest BCUT2D eigenvalue weighted by molar-refractivity contribution is 0.0149. The van der Waals surface area contributed by atoms with E-state index in [1.54, 1.807) is 18.4 Å². The van der Waals surface area contributed by atoms with Gasteiger partial charge in [-0.15, -0.1) is 11.3 Å². The number of rotatable bonds is 5. The lowest BCUT2D eigenvalue weighted by atomic mass is 9.89. The van der Waals surface area contributed by atoms with Gasteiger partial charge in [0.15, 0.2) is 0 Å². The van der Waals surface area contributed by atoms with Crippen LogP contribution in [0.4, 0.5) is 0 Å². The van der Waals surface area contributed by atoms with E-state index < -0.39 is 0 Å². The molecule has 0 spiro atoms. The van der Waals surface area contributed by atoms with Crippen molar-refractivity contribution in [2.24, 2.45) is 5.41 Å². The van der Waals surface area contributed by atoms with Crippen LogP contribution in [-0.4, -0.2) is 19.1 Å². The Morgan fingerprint density at radius 1 is 1.33 bits per heavy atom. The van der Waals surface area contributed by atoms with Crippen LogP contribution in [0.2, 0.25) is 0 Å². The monoisotopic (exact) mass is 270 g/mol. The van der Waals surface area contributed by atoms with Crippen molar-refractivity contribution in [1.29, 1.82) is 0 Å². The molecule has 0 aliphatic rings. The van der Waals surface area contributed by atoms with Crippen LogP contribution in [0.25, 0.3) is 0 Å². The Balaban J connectivity index is 3.13. The number of hydrogen-bond acceptors (Lipinski definition) is 4. The average Bonchev–Trinajstić information content (AvgIpc) is 2.61. The van der Waals surface area contributed by atoms with Gasteiger partial charge < -0.3 is 10.1 Å². The summed E-state index contributed by atoms with van der Waals surface area (Å²) in [6.45, 7) is 11.8. The number of aromatic nitrogens is 1. The standard InChI is InChI=1S/C14H26N2OS/c1-9(2)11-10(8-15-6)18-13(16-11)12(17-7)14(3,4)5/h9,12,15H,8H2,1-7H3. The minimum absolute atomic E-state index is 0.0607. The van der Waals surface area contributed by atoms with E-state index >= 15 is 0 Å². The second-order valence-corrected chi connectivity index (χ2v) is 7.14. The zero-order chi connectivity index (χ0) is 13.9. The number of nitrogens with zero attached hydrogens (tertiary/aromatic N) is 1. The van der Waals surface area contributed by atoms with Gasteiger partial charge in [0.2, 0.25) is 0 Å². The molecule has 0 bridgehead atoms. The molecule has 0 radical (unpaired) electrons. The molecule has 1 rings (SSSR count). The van der Waals surface area contributed by atoms with Crippen LogP contribution in [0.5, 0.6) is 0 Å². The van der Waals surface area contributed by atoms with Gasteiger partial charge in [0.05, 0.1) is 5.69 Å². The van der Waals surface area contributed by atoms with Crippen molar-refractivity contribution in [3.8, 4) is 0 Å². The normalized spacial score (nSPS) is 14.2. The van der Waals surface area contributed by atoms with E-state index in [0.717, 1.165) is 11.6 Å². The molecule has 1 N–H and O–H groups in total.